The van der Waals surface area contributed by atoms with Gasteiger partial charge in [-0.25, -0.2) is 4.98 Å². The zero-order valence-electron chi connectivity index (χ0n) is 22.2. The van der Waals surface area contributed by atoms with Crippen LogP contribution in [0.3, 0.4) is 0 Å². The third-order valence-electron chi connectivity index (χ3n) is 5.23. The Bertz CT molecular complexity index is 959. The first-order valence-corrected chi connectivity index (χ1v) is 13.3. The Hall–Kier alpha value is -2.70. The van der Waals surface area contributed by atoms with Crippen molar-refractivity contribution in [3.8, 4) is 11.5 Å². The molecular weight excluding hydrogens is 454 g/mol. The minimum atomic E-state index is 0.742. The molecule has 4 rings (SSSR count). The Morgan fingerprint density at radius 2 is 1.57 bits per heavy atom. The second-order valence-electron chi connectivity index (χ2n) is 8.12. The number of hydrogen-bond acceptors (Lipinski definition) is 6. The van der Waals surface area contributed by atoms with Crippen molar-refractivity contribution in [1.29, 1.82) is 0 Å². The molecule has 1 aromatic heterocycles. The van der Waals surface area contributed by atoms with E-state index in [-0.39, 0.29) is 0 Å². The first-order valence-electron chi connectivity index (χ1n) is 12.6. The summed E-state index contributed by atoms with van der Waals surface area (Å²) in [5, 5.41) is 0. The van der Waals surface area contributed by atoms with Gasteiger partial charge in [-0.15, -0.1) is 0 Å². The molecule has 0 atom stereocenters. The SMILES string of the molecule is CC.CCC.COc1cc(CN2CCN(c3ccccn3)CC2)ccc1OSc1ccc(C)cc1. The molecule has 3 aromatic rings. The Morgan fingerprint density at radius 1 is 0.886 bits per heavy atom. The summed E-state index contributed by atoms with van der Waals surface area (Å²) in [6.07, 6.45) is 3.11. The highest BCUT2D eigenvalue weighted by Crippen LogP contribution is 2.33. The Labute approximate surface area is 216 Å². The average molecular weight is 496 g/mol. The van der Waals surface area contributed by atoms with Crippen LogP contribution in [0.4, 0.5) is 5.82 Å². The van der Waals surface area contributed by atoms with Gasteiger partial charge in [0.25, 0.3) is 0 Å². The van der Waals surface area contributed by atoms with E-state index in [1.54, 1.807) is 7.11 Å². The number of piperazine rings is 1. The van der Waals surface area contributed by atoms with Crippen molar-refractivity contribution in [2.45, 2.75) is 52.5 Å². The molecular formula is C29H41N3O2S. The fourth-order valence-corrected chi connectivity index (χ4v) is 4.07. The van der Waals surface area contributed by atoms with Gasteiger partial charge in [0, 0.05) is 43.8 Å². The van der Waals surface area contributed by atoms with Crippen LogP contribution >= 0.6 is 12.0 Å². The van der Waals surface area contributed by atoms with Gasteiger partial charge in [0.05, 0.1) is 19.2 Å². The van der Waals surface area contributed by atoms with E-state index in [9.17, 15) is 0 Å². The predicted molar refractivity (Wildman–Crippen MR) is 150 cm³/mol. The van der Waals surface area contributed by atoms with Crippen molar-refractivity contribution in [2.75, 3.05) is 38.2 Å². The van der Waals surface area contributed by atoms with Crippen LogP contribution in [0.15, 0.2) is 71.8 Å². The van der Waals surface area contributed by atoms with Crippen molar-refractivity contribution >= 4 is 17.9 Å². The molecule has 1 aliphatic rings. The smallest absolute Gasteiger partial charge is 0.179 e. The van der Waals surface area contributed by atoms with Crippen LogP contribution in [-0.2, 0) is 6.54 Å². The highest BCUT2D eigenvalue weighted by molar-refractivity contribution is 7.95. The summed E-state index contributed by atoms with van der Waals surface area (Å²) in [6, 6.07) is 20.6. The number of anilines is 1. The van der Waals surface area contributed by atoms with Gasteiger partial charge in [0.1, 0.15) is 5.82 Å². The van der Waals surface area contributed by atoms with Crippen LogP contribution < -0.4 is 13.8 Å². The Kier molecular flexibility index (Phi) is 13.1. The number of pyridine rings is 1. The number of aryl methyl sites for hydroxylation is 1. The molecule has 0 amide bonds. The van der Waals surface area contributed by atoms with Crippen molar-refractivity contribution in [2.24, 2.45) is 0 Å². The fourth-order valence-electron chi connectivity index (χ4n) is 3.50. The van der Waals surface area contributed by atoms with E-state index in [0.717, 1.165) is 54.9 Å². The monoisotopic (exact) mass is 495 g/mol. The minimum absolute atomic E-state index is 0.742. The van der Waals surface area contributed by atoms with Gasteiger partial charge >= 0.3 is 0 Å². The van der Waals surface area contributed by atoms with Gasteiger partial charge in [-0.05, 0) is 48.9 Å². The quantitative estimate of drug-likeness (QED) is 0.321. The van der Waals surface area contributed by atoms with Gasteiger partial charge < -0.3 is 13.8 Å². The zero-order valence-corrected chi connectivity index (χ0v) is 23.0. The number of nitrogens with zero attached hydrogens (tertiary/aromatic N) is 3. The van der Waals surface area contributed by atoms with E-state index < -0.39 is 0 Å². The third kappa shape index (κ3) is 9.46. The van der Waals surface area contributed by atoms with Crippen LogP contribution in [0.5, 0.6) is 11.5 Å². The summed E-state index contributed by atoms with van der Waals surface area (Å²) in [5.74, 6) is 2.57. The Morgan fingerprint density at radius 3 is 2.17 bits per heavy atom. The normalized spacial score (nSPS) is 13.1. The minimum Gasteiger partial charge on any atom is -0.493 e. The van der Waals surface area contributed by atoms with Crippen molar-refractivity contribution < 1.29 is 8.92 Å². The van der Waals surface area contributed by atoms with Gasteiger partial charge in [-0.2, -0.15) is 0 Å². The van der Waals surface area contributed by atoms with Crippen molar-refractivity contribution in [3.05, 3.63) is 78.0 Å². The highest BCUT2D eigenvalue weighted by Gasteiger charge is 2.18. The van der Waals surface area contributed by atoms with Gasteiger partial charge in [-0.3, -0.25) is 4.90 Å². The number of ether oxygens (including phenoxy) is 1. The first kappa shape index (κ1) is 28.5. The molecule has 2 aromatic carbocycles. The molecule has 35 heavy (non-hydrogen) atoms. The molecule has 0 bridgehead atoms. The summed E-state index contributed by atoms with van der Waals surface area (Å²) in [5.41, 5.74) is 2.47. The van der Waals surface area contributed by atoms with Crippen LogP contribution in [0.25, 0.3) is 0 Å². The van der Waals surface area contributed by atoms with E-state index in [4.69, 9.17) is 8.92 Å². The number of rotatable bonds is 7. The largest absolute Gasteiger partial charge is 0.493 e. The molecule has 0 spiro atoms. The molecule has 0 N–H and O–H groups in total. The molecule has 1 aliphatic heterocycles. The van der Waals surface area contributed by atoms with Gasteiger partial charge in [-0.1, -0.05) is 63.9 Å². The second-order valence-corrected chi connectivity index (χ2v) is 8.93. The van der Waals surface area contributed by atoms with E-state index in [1.807, 2.05) is 38.2 Å². The van der Waals surface area contributed by atoms with E-state index in [0.29, 0.717) is 0 Å². The van der Waals surface area contributed by atoms with Crippen molar-refractivity contribution in [1.82, 2.24) is 9.88 Å². The topological polar surface area (TPSA) is 37.8 Å². The number of hydrogen-bond donors (Lipinski definition) is 0. The molecule has 0 radical (unpaired) electrons. The lowest BCUT2D eigenvalue weighted by atomic mass is 10.1. The molecule has 0 unspecified atom stereocenters. The second kappa shape index (κ2) is 16.1. The lowest BCUT2D eigenvalue weighted by Gasteiger charge is -2.35. The molecule has 6 heteroatoms. The number of benzene rings is 2. The molecule has 190 valence electrons. The van der Waals surface area contributed by atoms with Gasteiger partial charge in [0.2, 0.25) is 0 Å². The number of methoxy groups -OCH3 is 1. The summed E-state index contributed by atoms with van der Waals surface area (Å²) >= 11 is 1.35. The van der Waals surface area contributed by atoms with Crippen molar-refractivity contribution in [3.63, 3.8) is 0 Å². The van der Waals surface area contributed by atoms with Crippen LogP contribution in [0.2, 0.25) is 0 Å². The van der Waals surface area contributed by atoms with E-state index in [1.165, 1.54) is 29.6 Å². The average Bonchev–Trinajstić information content (AvgIpc) is 2.91. The predicted octanol–water partition coefficient (Wildman–Crippen LogP) is 7.25. The standard InChI is InChI=1S/C24H27N3O2S.C3H8.C2H6/c1-19-6-9-21(10-7-19)30-29-22-11-8-20(17-23(22)28-2)18-26-13-15-27(16-14-26)24-5-3-4-12-25-24;1-3-2;1-2/h3-12,17H,13-16,18H2,1-2H3;3H2,1-2H3;1-2H3. The lowest BCUT2D eigenvalue weighted by molar-refractivity contribution is 0.249. The zero-order chi connectivity index (χ0) is 25.5. The number of aromatic nitrogens is 1. The third-order valence-corrected chi connectivity index (χ3v) is 5.96. The molecule has 2 heterocycles. The molecule has 1 fully saturated rings. The maximum absolute atomic E-state index is 5.93. The van der Waals surface area contributed by atoms with Crippen LogP contribution in [-0.4, -0.2) is 43.2 Å². The summed E-state index contributed by atoms with van der Waals surface area (Å²) in [7, 11) is 1.69. The molecule has 0 saturated carbocycles. The lowest BCUT2D eigenvalue weighted by Crippen LogP contribution is -2.46. The van der Waals surface area contributed by atoms with E-state index >= 15 is 0 Å². The van der Waals surface area contributed by atoms with Crippen LogP contribution in [0, 0.1) is 6.92 Å². The molecule has 0 aliphatic carbocycles. The maximum Gasteiger partial charge on any atom is 0.179 e. The molecule has 1 saturated heterocycles. The molecule has 5 nitrogen and oxygen atoms in total. The summed E-state index contributed by atoms with van der Waals surface area (Å²) in [6.45, 7) is 15.2. The Balaban J connectivity index is 0.000000803. The summed E-state index contributed by atoms with van der Waals surface area (Å²) in [4.78, 5) is 10.3. The highest BCUT2D eigenvalue weighted by atomic mass is 32.2. The van der Waals surface area contributed by atoms with Gasteiger partial charge in [0.15, 0.2) is 11.5 Å². The summed E-state index contributed by atoms with van der Waals surface area (Å²) < 4.78 is 11.5. The van der Waals surface area contributed by atoms with Crippen LogP contribution in [0.1, 0.15) is 45.2 Å². The maximum atomic E-state index is 5.93. The van der Waals surface area contributed by atoms with E-state index in [2.05, 4.69) is 78.0 Å². The first-order chi connectivity index (χ1) is 17.1. The fraction of sp³-hybridized carbons (Fsp3) is 0.414.